The van der Waals surface area contributed by atoms with Crippen LogP contribution in [0.15, 0.2) is 109 Å². The highest BCUT2D eigenvalue weighted by molar-refractivity contribution is 5.70. The lowest BCUT2D eigenvalue weighted by Gasteiger charge is -2.18. The van der Waals surface area contributed by atoms with Gasteiger partial charge >= 0.3 is 11.9 Å². The summed E-state index contributed by atoms with van der Waals surface area (Å²) in [6.07, 6.45) is 71.0. The van der Waals surface area contributed by atoms with E-state index in [2.05, 4.69) is 130 Å². The fourth-order valence-corrected chi connectivity index (χ4v) is 6.56. The predicted molar refractivity (Wildman–Crippen MR) is 269 cm³/mol. The van der Waals surface area contributed by atoms with E-state index in [1.807, 2.05) is 0 Å². The summed E-state index contributed by atoms with van der Waals surface area (Å²) in [7, 11) is 0. The molecule has 5 heteroatoms. The van der Waals surface area contributed by atoms with Crippen molar-refractivity contribution in [2.45, 2.75) is 219 Å². The SMILES string of the molecule is CC/C=C\C/C=C\C/C=C\C/C=C\CCCOCC(COC(=O)CCCCCCCCC/C=C\C/C=C\CCCCC)OC(=O)CCCCCCC/C=C\C/C=C\C/C=C\CC. The summed E-state index contributed by atoms with van der Waals surface area (Å²) < 4.78 is 17.3. The quantitative estimate of drug-likeness (QED) is 0.0347. The molecule has 0 aliphatic carbocycles. The van der Waals surface area contributed by atoms with Gasteiger partial charge in [-0.05, 0) is 116 Å². The van der Waals surface area contributed by atoms with E-state index in [4.69, 9.17) is 14.2 Å². The molecule has 0 saturated carbocycles. The number of esters is 2. The van der Waals surface area contributed by atoms with E-state index in [1.165, 1.54) is 64.2 Å². The van der Waals surface area contributed by atoms with Crippen LogP contribution in [0.3, 0.4) is 0 Å². The summed E-state index contributed by atoms with van der Waals surface area (Å²) in [6.45, 7) is 7.40. The second-order valence-corrected chi connectivity index (χ2v) is 16.3. The van der Waals surface area contributed by atoms with Crippen LogP contribution in [0.5, 0.6) is 0 Å². The van der Waals surface area contributed by atoms with E-state index in [0.717, 1.165) is 116 Å². The molecule has 352 valence electrons. The molecule has 0 spiro atoms. The maximum absolute atomic E-state index is 12.8. The number of unbranched alkanes of at least 4 members (excludes halogenated alkanes) is 16. The maximum atomic E-state index is 12.8. The Kier molecular flexibility index (Phi) is 49.0. The Morgan fingerprint density at radius 3 is 1.16 bits per heavy atom. The van der Waals surface area contributed by atoms with Gasteiger partial charge in [0.15, 0.2) is 6.10 Å². The van der Waals surface area contributed by atoms with Crippen molar-refractivity contribution in [3.8, 4) is 0 Å². The average molecular weight is 859 g/mol. The van der Waals surface area contributed by atoms with Crippen LogP contribution >= 0.6 is 0 Å². The number of allylic oxidation sites excluding steroid dienone is 18. The second kappa shape index (κ2) is 51.9. The van der Waals surface area contributed by atoms with Gasteiger partial charge in [-0.15, -0.1) is 0 Å². The van der Waals surface area contributed by atoms with Crippen molar-refractivity contribution in [2.75, 3.05) is 19.8 Å². The van der Waals surface area contributed by atoms with E-state index >= 15 is 0 Å². The molecule has 0 heterocycles. The number of hydrogen-bond acceptors (Lipinski definition) is 5. The van der Waals surface area contributed by atoms with Gasteiger partial charge in [-0.3, -0.25) is 9.59 Å². The minimum absolute atomic E-state index is 0.0460. The molecule has 0 fully saturated rings. The van der Waals surface area contributed by atoms with Gasteiger partial charge in [-0.25, -0.2) is 0 Å². The third-order valence-electron chi connectivity index (χ3n) is 10.3. The molecule has 1 unspecified atom stereocenters. The van der Waals surface area contributed by atoms with Gasteiger partial charge in [0.2, 0.25) is 0 Å². The van der Waals surface area contributed by atoms with Gasteiger partial charge < -0.3 is 14.2 Å². The van der Waals surface area contributed by atoms with E-state index < -0.39 is 6.10 Å². The van der Waals surface area contributed by atoms with Crippen molar-refractivity contribution in [1.82, 2.24) is 0 Å². The first kappa shape index (κ1) is 58.6. The highest BCUT2D eigenvalue weighted by Crippen LogP contribution is 2.13. The van der Waals surface area contributed by atoms with Crippen molar-refractivity contribution in [1.29, 1.82) is 0 Å². The molecule has 0 aliphatic rings. The van der Waals surface area contributed by atoms with Crippen LogP contribution < -0.4 is 0 Å². The lowest BCUT2D eigenvalue weighted by molar-refractivity contribution is -0.163. The Labute approximate surface area is 383 Å². The minimum atomic E-state index is -0.583. The fraction of sp³-hybridized carbons (Fsp3) is 0.649. The van der Waals surface area contributed by atoms with Crippen molar-refractivity contribution < 1.29 is 23.8 Å². The molecule has 0 amide bonds. The molecule has 0 aromatic rings. The van der Waals surface area contributed by atoms with Crippen molar-refractivity contribution in [3.05, 3.63) is 109 Å². The standard InChI is InChI=1S/C57H94O5/c1-4-7-10-13-16-19-22-25-28-29-31-32-35-38-41-44-47-50-56(58)61-54-55(53-60-52-49-46-43-40-37-34-27-24-21-18-15-12-9-6-3)62-57(59)51-48-45-42-39-36-33-30-26-23-20-17-14-11-8-5-2/h8-9,11-12,16-21,25-28,30,34,40,43,55H,4-7,10,13-15,22-24,29,31-33,35-39,41-42,44-54H2,1-3H3/b11-8-,12-9-,19-16-,20-17-,21-18-,28-25-,30-26-,34-27-,43-40-. The Hall–Kier alpha value is -3.44. The summed E-state index contributed by atoms with van der Waals surface area (Å²) in [5.74, 6) is -0.462. The molecule has 0 N–H and O–H groups in total. The molecule has 0 bridgehead atoms. The van der Waals surface area contributed by atoms with Crippen LogP contribution in [0.1, 0.15) is 213 Å². The highest BCUT2D eigenvalue weighted by Gasteiger charge is 2.17. The van der Waals surface area contributed by atoms with Crippen molar-refractivity contribution in [3.63, 3.8) is 0 Å². The first-order valence-electron chi connectivity index (χ1n) is 25.4. The average Bonchev–Trinajstić information content (AvgIpc) is 3.27. The van der Waals surface area contributed by atoms with E-state index in [9.17, 15) is 9.59 Å². The summed E-state index contributed by atoms with van der Waals surface area (Å²) in [5.41, 5.74) is 0. The maximum Gasteiger partial charge on any atom is 0.306 e. The molecular weight excluding hydrogens is 765 g/mol. The summed E-state index contributed by atoms with van der Waals surface area (Å²) in [5, 5.41) is 0. The van der Waals surface area contributed by atoms with Crippen molar-refractivity contribution >= 4 is 11.9 Å². The van der Waals surface area contributed by atoms with E-state index in [-0.39, 0.29) is 25.2 Å². The molecule has 0 aliphatic heterocycles. The van der Waals surface area contributed by atoms with Crippen molar-refractivity contribution in [2.24, 2.45) is 0 Å². The van der Waals surface area contributed by atoms with Crippen LogP contribution in [-0.2, 0) is 23.8 Å². The Morgan fingerprint density at radius 1 is 0.371 bits per heavy atom. The second-order valence-electron chi connectivity index (χ2n) is 16.3. The van der Waals surface area contributed by atoms with Gasteiger partial charge in [0.05, 0.1) is 6.61 Å². The van der Waals surface area contributed by atoms with Gasteiger partial charge in [-0.1, -0.05) is 194 Å². The number of carbonyl (C=O) groups is 2. The number of carbonyl (C=O) groups excluding carboxylic acids is 2. The van der Waals surface area contributed by atoms with Crippen LogP contribution in [0.4, 0.5) is 0 Å². The molecule has 0 saturated heterocycles. The first-order valence-corrected chi connectivity index (χ1v) is 25.4. The summed E-state index contributed by atoms with van der Waals surface area (Å²) >= 11 is 0. The topological polar surface area (TPSA) is 61.8 Å². The lowest BCUT2D eigenvalue weighted by atomic mass is 10.1. The zero-order valence-electron chi connectivity index (χ0n) is 40.3. The molecule has 1 atom stereocenters. The normalized spacial score (nSPS) is 13.1. The summed E-state index contributed by atoms with van der Waals surface area (Å²) in [6, 6.07) is 0. The van der Waals surface area contributed by atoms with E-state index in [0.29, 0.717) is 19.4 Å². The Morgan fingerprint density at radius 2 is 0.726 bits per heavy atom. The monoisotopic (exact) mass is 859 g/mol. The van der Waals surface area contributed by atoms with Crippen LogP contribution in [0, 0.1) is 0 Å². The van der Waals surface area contributed by atoms with Gasteiger partial charge in [-0.2, -0.15) is 0 Å². The van der Waals surface area contributed by atoms with Gasteiger partial charge in [0.25, 0.3) is 0 Å². The Bertz CT molecular complexity index is 1250. The molecule has 5 nitrogen and oxygen atoms in total. The molecule has 62 heavy (non-hydrogen) atoms. The predicted octanol–water partition coefficient (Wildman–Crippen LogP) is 17.2. The minimum Gasteiger partial charge on any atom is -0.462 e. The van der Waals surface area contributed by atoms with Gasteiger partial charge in [0, 0.05) is 19.4 Å². The van der Waals surface area contributed by atoms with Crippen LogP contribution in [0.2, 0.25) is 0 Å². The Balaban J connectivity index is 4.40. The molecule has 0 radical (unpaired) electrons. The third-order valence-corrected chi connectivity index (χ3v) is 10.3. The highest BCUT2D eigenvalue weighted by atomic mass is 16.6. The largest absolute Gasteiger partial charge is 0.462 e. The fourth-order valence-electron chi connectivity index (χ4n) is 6.56. The van der Waals surface area contributed by atoms with Crippen LogP contribution in [-0.4, -0.2) is 37.9 Å². The first-order chi connectivity index (χ1) is 30.6. The van der Waals surface area contributed by atoms with Crippen LogP contribution in [0.25, 0.3) is 0 Å². The molecular formula is C57H94O5. The molecule has 0 aromatic heterocycles. The zero-order chi connectivity index (χ0) is 44.9. The number of rotatable bonds is 45. The number of hydrogen-bond donors (Lipinski definition) is 0. The van der Waals surface area contributed by atoms with E-state index in [1.54, 1.807) is 0 Å². The molecule has 0 aromatic carbocycles. The molecule has 0 rings (SSSR count). The summed E-state index contributed by atoms with van der Waals surface area (Å²) in [4.78, 5) is 25.4. The lowest BCUT2D eigenvalue weighted by Crippen LogP contribution is -2.30. The third kappa shape index (κ3) is 49.2. The number of ether oxygens (including phenoxy) is 3. The smallest absolute Gasteiger partial charge is 0.306 e. The zero-order valence-corrected chi connectivity index (χ0v) is 40.3. The van der Waals surface area contributed by atoms with Gasteiger partial charge in [0.1, 0.15) is 6.61 Å².